The SMILES string of the molecule is CCCCC(=O)NC(C)(C(=O)O)c1ccc(F)cc1. The molecule has 19 heavy (non-hydrogen) atoms. The summed E-state index contributed by atoms with van der Waals surface area (Å²) in [7, 11) is 0. The Hall–Kier alpha value is -1.91. The van der Waals surface area contributed by atoms with Gasteiger partial charge in [-0.2, -0.15) is 0 Å². The van der Waals surface area contributed by atoms with Gasteiger partial charge < -0.3 is 10.4 Å². The van der Waals surface area contributed by atoms with Crippen LogP contribution in [-0.4, -0.2) is 17.0 Å². The minimum absolute atomic E-state index is 0.278. The van der Waals surface area contributed by atoms with Gasteiger partial charge in [-0.25, -0.2) is 9.18 Å². The van der Waals surface area contributed by atoms with Gasteiger partial charge in [0.1, 0.15) is 5.82 Å². The highest BCUT2D eigenvalue weighted by molar-refractivity contribution is 5.87. The van der Waals surface area contributed by atoms with E-state index in [-0.39, 0.29) is 12.3 Å². The van der Waals surface area contributed by atoms with E-state index in [2.05, 4.69) is 5.32 Å². The molecule has 0 spiro atoms. The highest BCUT2D eigenvalue weighted by Crippen LogP contribution is 2.22. The van der Waals surface area contributed by atoms with Crippen molar-refractivity contribution in [1.29, 1.82) is 0 Å². The maximum atomic E-state index is 12.9. The number of carboxylic acids is 1. The first-order valence-corrected chi connectivity index (χ1v) is 6.20. The molecule has 5 heteroatoms. The van der Waals surface area contributed by atoms with E-state index in [9.17, 15) is 19.1 Å². The maximum absolute atomic E-state index is 12.9. The van der Waals surface area contributed by atoms with Gasteiger partial charge in [-0.15, -0.1) is 0 Å². The lowest BCUT2D eigenvalue weighted by atomic mass is 9.91. The molecule has 0 saturated carbocycles. The largest absolute Gasteiger partial charge is 0.479 e. The molecule has 0 aliphatic rings. The number of halogens is 1. The molecular weight excluding hydrogens is 249 g/mol. The molecule has 0 aliphatic carbocycles. The van der Waals surface area contributed by atoms with E-state index in [1.807, 2.05) is 6.92 Å². The van der Waals surface area contributed by atoms with Crippen molar-refractivity contribution in [1.82, 2.24) is 5.32 Å². The number of hydrogen-bond donors (Lipinski definition) is 2. The summed E-state index contributed by atoms with van der Waals surface area (Å²) in [6, 6.07) is 5.08. The molecule has 0 fully saturated rings. The molecule has 104 valence electrons. The van der Waals surface area contributed by atoms with Gasteiger partial charge >= 0.3 is 5.97 Å². The molecule has 1 unspecified atom stereocenters. The Balaban J connectivity index is 2.94. The van der Waals surface area contributed by atoms with E-state index in [0.29, 0.717) is 12.0 Å². The minimum Gasteiger partial charge on any atom is -0.479 e. The Labute approximate surface area is 111 Å². The molecule has 1 amide bonds. The molecule has 4 nitrogen and oxygen atoms in total. The average molecular weight is 267 g/mol. The fourth-order valence-corrected chi connectivity index (χ4v) is 1.71. The molecule has 0 aliphatic heterocycles. The summed E-state index contributed by atoms with van der Waals surface area (Å²) in [6.45, 7) is 3.34. The molecule has 0 aromatic heterocycles. The molecule has 1 aromatic rings. The monoisotopic (exact) mass is 267 g/mol. The van der Waals surface area contributed by atoms with Crippen molar-refractivity contribution in [3.8, 4) is 0 Å². The quantitative estimate of drug-likeness (QED) is 0.832. The summed E-state index contributed by atoms with van der Waals surface area (Å²) >= 11 is 0. The van der Waals surface area contributed by atoms with Gasteiger partial charge in [0.2, 0.25) is 5.91 Å². The second-order valence-corrected chi connectivity index (χ2v) is 4.59. The van der Waals surface area contributed by atoms with Crippen molar-refractivity contribution in [2.24, 2.45) is 0 Å². The lowest BCUT2D eigenvalue weighted by molar-refractivity contribution is -0.147. The van der Waals surface area contributed by atoms with Gasteiger partial charge in [-0.05, 0) is 31.0 Å². The highest BCUT2D eigenvalue weighted by Gasteiger charge is 2.36. The zero-order chi connectivity index (χ0) is 14.5. The van der Waals surface area contributed by atoms with Crippen LogP contribution in [0, 0.1) is 5.82 Å². The number of amides is 1. The van der Waals surface area contributed by atoms with Crippen LogP contribution in [0.5, 0.6) is 0 Å². The van der Waals surface area contributed by atoms with E-state index in [0.717, 1.165) is 6.42 Å². The number of carbonyl (C=O) groups excluding carboxylic acids is 1. The van der Waals surface area contributed by atoms with Crippen LogP contribution in [0.15, 0.2) is 24.3 Å². The Morgan fingerprint density at radius 3 is 2.37 bits per heavy atom. The predicted octanol–water partition coefficient (Wildman–Crippen LogP) is 2.43. The molecule has 0 heterocycles. The summed E-state index contributed by atoms with van der Waals surface area (Å²) in [5, 5.41) is 11.8. The number of benzene rings is 1. The lowest BCUT2D eigenvalue weighted by Gasteiger charge is -2.26. The van der Waals surface area contributed by atoms with Crippen LogP contribution < -0.4 is 5.32 Å². The van der Waals surface area contributed by atoms with Crippen molar-refractivity contribution < 1.29 is 19.1 Å². The number of unbranched alkanes of at least 4 members (excludes halogenated alkanes) is 1. The van der Waals surface area contributed by atoms with Crippen LogP contribution in [0.25, 0.3) is 0 Å². The van der Waals surface area contributed by atoms with Crippen molar-refractivity contribution in [2.45, 2.75) is 38.6 Å². The van der Waals surface area contributed by atoms with Crippen LogP contribution in [0.4, 0.5) is 4.39 Å². The summed E-state index contributed by atoms with van der Waals surface area (Å²) in [6.07, 6.45) is 1.83. The summed E-state index contributed by atoms with van der Waals surface area (Å²) < 4.78 is 12.9. The van der Waals surface area contributed by atoms with Crippen LogP contribution in [0.1, 0.15) is 38.7 Å². The van der Waals surface area contributed by atoms with Gasteiger partial charge in [0, 0.05) is 6.42 Å². The molecular formula is C14H18FNO3. The van der Waals surface area contributed by atoms with Gasteiger partial charge in [0.05, 0.1) is 0 Å². The number of carboxylic acid groups (broad SMARTS) is 1. The van der Waals surface area contributed by atoms with Gasteiger partial charge in [-0.3, -0.25) is 4.79 Å². The molecule has 0 radical (unpaired) electrons. The average Bonchev–Trinajstić information content (AvgIpc) is 2.36. The van der Waals surface area contributed by atoms with Crippen molar-refractivity contribution in [2.75, 3.05) is 0 Å². The van der Waals surface area contributed by atoms with Crippen molar-refractivity contribution in [3.05, 3.63) is 35.6 Å². The smallest absolute Gasteiger partial charge is 0.333 e. The van der Waals surface area contributed by atoms with Crippen LogP contribution in [-0.2, 0) is 15.1 Å². The number of hydrogen-bond acceptors (Lipinski definition) is 2. The molecule has 0 saturated heterocycles. The maximum Gasteiger partial charge on any atom is 0.333 e. The number of rotatable bonds is 6. The zero-order valence-electron chi connectivity index (χ0n) is 11.1. The first-order valence-electron chi connectivity index (χ1n) is 6.20. The topological polar surface area (TPSA) is 66.4 Å². The van der Waals surface area contributed by atoms with E-state index in [4.69, 9.17) is 0 Å². The summed E-state index contributed by atoms with van der Waals surface area (Å²) in [4.78, 5) is 23.1. The Bertz CT molecular complexity index is 458. The second kappa shape index (κ2) is 6.31. The van der Waals surface area contributed by atoms with E-state index < -0.39 is 17.3 Å². The molecule has 2 N–H and O–H groups in total. The first kappa shape index (κ1) is 15.1. The minimum atomic E-state index is -1.54. The van der Waals surface area contributed by atoms with Crippen molar-refractivity contribution >= 4 is 11.9 Å². The standard InChI is InChI=1S/C14H18FNO3/c1-3-4-5-12(17)16-14(2,13(18)19)10-6-8-11(15)9-7-10/h6-9H,3-5H2,1-2H3,(H,16,17)(H,18,19). The Morgan fingerprint density at radius 2 is 1.89 bits per heavy atom. The molecule has 1 rings (SSSR count). The second-order valence-electron chi connectivity index (χ2n) is 4.59. The van der Waals surface area contributed by atoms with Crippen LogP contribution >= 0.6 is 0 Å². The predicted molar refractivity (Wildman–Crippen MR) is 69.1 cm³/mol. The zero-order valence-corrected chi connectivity index (χ0v) is 11.1. The van der Waals surface area contributed by atoms with Crippen molar-refractivity contribution in [3.63, 3.8) is 0 Å². The van der Waals surface area contributed by atoms with Crippen LogP contribution in [0.3, 0.4) is 0 Å². The Morgan fingerprint density at radius 1 is 1.32 bits per heavy atom. The van der Waals surface area contributed by atoms with E-state index in [1.165, 1.54) is 31.2 Å². The third-order valence-corrected chi connectivity index (χ3v) is 3.00. The fourth-order valence-electron chi connectivity index (χ4n) is 1.71. The van der Waals surface area contributed by atoms with Crippen LogP contribution in [0.2, 0.25) is 0 Å². The first-order chi connectivity index (χ1) is 8.90. The number of carbonyl (C=O) groups is 2. The fraction of sp³-hybridized carbons (Fsp3) is 0.429. The van der Waals surface area contributed by atoms with Gasteiger partial charge in [-0.1, -0.05) is 25.5 Å². The Kier molecular flexibility index (Phi) is 5.03. The number of aliphatic carboxylic acids is 1. The van der Waals surface area contributed by atoms with E-state index in [1.54, 1.807) is 0 Å². The summed E-state index contributed by atoms with van der Waals surface area (Å²) in [5.41, 5.74) is -1.20. The third-order valence-electron chi connectivity index (χ3n) is 3.00. The number of nitrogens with one attached hydrogen (secondary N) is 1. The molecule has 0 bridgehead atoms. The normalized spacial score (nSPS) is 13.6. The molecule has 1 aromatic carbocycles. The van der Waals surface area contributed by atoms with Gasteiger partial charge in [0.25, 0.3) is 0 Å². The highest BCUT2D eigenvalue weighted by atomic mass is 19.1. The molecule has 1 atom stereocenters. The third kappa shape index (κ3) is 3.77. The van der Waals surface area contributed by atoms with Gasteiger partial charge in [0.15, 0.2) is 5.54 Å². The van der Waals surface area contributed by atoms with E-state index >= 15 is 0 Å². The summed E-state index contributed by atoms with van der Waals surface area (Å²) in [5.74, 6) is -1.95. The lowest BCUT2D eigenvalue weighted by Crippen LogP contribution is -2.49.